The molecule has 0 saturated carbocycles. The second-order valence-electron chi connectivity index (χ2n) is 4.08. The van der Waals surface area contributed by atoms with Gasteiger partial charge in [-0.15, -0.1) is 0 Å². The Kier molecular flexibility index (Phi) is 10.3. The quantitative estimate of drug-likeness (QED) is 0.635. The molecule has 0 aliphatic rings. The maximum Gasteiger partial charge on any atom is 0.306 e. The van der Waals surface area contributed by atoms with Crippen LogP contribution in [0.1, 0.15) is 60.3 Å². The van der Waals surface area contributed by atoms with Gasteiger partial charge in [0.2, 0.25) is 0 Å². The SMILES string of the molecule is C.CCCCCC(C)C[C@@H](C)C(=O)O. The largest absolute Gasteiger partial charge is 0.481 e. The van der Waals surface area contributed by atoms with Crippen LogP contribution in [-0.4, -0.2) is 11.1 Å². The van der Waals surface area contributed by atoms with Crippen LogP contribution in [0, 0.1) is 11.8 Å². The molecule has 0 radical (unpaired) electrons. The zero-order valence-corrected chi connectivity index (χ0v) is 9.05. The van der Waals surface area contributed by atoms with Gasteiger partial charge in [-0.1, -0.05) is 53.9 Å². The summed E-state index contributed by atoms with van der Waals surface area (Å²) >= 11 is 0. The highest BCUT2D eigenvalue weighted by Crippen LogP contribution is 2.18. The molecular formula is C12H26O2. The molecule has 1 N–H and O–H groups in total. The molecule has 0 amide bonds. The maximum absolute atomic E-state index is 10.6. The fraction of sp³-hybridized carbons (Fsp3) is 0.917. The first-order chi connectivity index (χ1) is 6.07. The van der Waals surface area contributed by atoms with E-state index in [1.165, 1.54) is 25.7 Å². The summed E-state index contributed by atoms with van der Waals surface area (Å²) in [6, 6.07) is 0. The minimum absolute atomic E-state index is 0. The third kappa shape index (κ3) is 8.09. The Morgan fingerprint density at radius 2 is 1.86 bits per heavy atom. The van der Waals surface area contributed by atoms with Gasteiger partial charge in [-0.3, -0.25) is 4.79 Å². The number of carboxylic acid groups (broad SMARTS) is 1. The summed E-state index contributed by atoms with van der Waals surface area (Å²) in [6.07, 6.45) is 5.74. The van der Waals surface area contributed by atoms with Crippen molar-refractivity contribution in [3.8, 4) is 0 Å². The Bertz CT molecular complexity index is 143. The highest BCUT2D eigenvalue weighted by Gasteiger charge is 2.14. The third-order valence-corrected chi connectivity index (χ3v) is 2.48. The molecule has 0 aliphatic heterocycles. The number of rotatable bonds is 7. The average molecular weight is 202 g/mol. The molecule has 2 heteroatoms. The topological polar surface area (TPSA) is 37.3 Å². The van der Waals surface area contributed by atoms with Gasteiger partial charge < -0.3 is 5.11 Å². The van der Waals surface area contributed by atoms with Crippen LogP contribution in [0.2, 0.25) is 0 Å². The smallest absolute Gasteiger partial charge is 0.306 e. The van der Waals surface area contributed by atoms with Crippen molar-refractivity contribution >= 4 is 5.97 Å². The van der Waals surface area contributed by atoms with Crippen LogP contribution in [0.4, 0.5) is 0 Å². The zero-order valence-electron chi connectivity index (χ0n) is 9.05. The molecule has 0 rings (SSSR count). The third-order valence-electron chi connectivity index (χ3n) is 2.48. The van der Waals surface area contributed by atoms with Crippen LogP contribution >= 0.6 is 0 Å². The van der Waals surface area contributed by atoms with Crippen molar-refractivity contribution in [3.63, 3.8) is 0 Å². The minimum atomic E-state index is -0.664. The van der Waals surface area contributed by atoms with Gasteiger partial charge in [-0.25, -0.2) is 0 Å². The lowest BCUT2D eigenvalue weighted by Gasteiger charge is -2.13. The molecule has 2 nitrogen and oxygen atoms in total. The minimum Gasteiger partial charge on any atom is -0.481 e. The van der Waals surface area contributed by atoms with Crippen molar-refractivity contribution in [2.24, 2.45) is 11.8 Å². The molecule has 14 heavy (non-hydrogen) atoms. The predicted molar refractivity (Wildman–Crippen MR) is 61.5 cm³/mol. The van der Waals surface area contributed by atoms with Crippen molar-refractivity contribution in [2.45, 2.75) is 60.3 Å². The summed E-state index contributed by atoms with van der Waals surface area (Å²) in [5.74, 6) is -0.295. The Labute approximate surface area is 88.7 Å². The van der Waals surface area contributed by atoms with Crippen LogP contribution in [0.25, 0.3) is 0 Å². The van der Waals surface area contributed by atoms with E-state index in [-0.39, 0.29) is 13.3 Å². The summed E-state index contributed by atoms with van der Waals surface area (Å²) in [6.45, 7) is 6.12. The van der Waals surface area contributed by atoms with E-state index in [9.17, 15) is 4.79 Å². The van der Waals surface area contributed by atoms with Crippen LogP contribution in [0.15, 0.2) is 0 Å². The first kappa shape index (κ1) is 15.9. The summed E-state index contributed by atoms with van der Waals surface area (Å²) in [5, 5.41) is 8.70. The maximum atomic E-state index is 10.6. The summed E-state index contributed by atoms with van der Waals surface area (Å²) in [7, 11) is 0. The number of hydrogen-bond donors (Lipinski definition) is 1. The molecule has 0 aromatic carbocycles. The standard InChI is InChI=1S/C11H22O2.CH4/c1-4-5-6-7-9(2)8-10(3)11(12)13;/h9-10H,4-8H2,1-3H3,(H,12,13);1H4/t9?,10-;/m1./s1. The fourth-order valence-electron chi connectivity index (χ4n) is 1.57. The normalized spacial score (nSPS) is 14.2. The zero-order chi connectivity index (χ0) is 10.3. The highest BCUT2D eigenvalue weighted by atomic mass is 16.4. The van der Waals surface area contributed by atoms with Gasteiger partial charge in [-0.05, 0) is 12.3 Å². The van der Waals surface area contributed by atoms with Crippen molar-refractivity contribution in [3.05, 3.63) is 0 Å². The second kappa shape index (κ2) is 9.04. The van der Waals surface area contributed by atoms with E-state index in [1.807, 2.05) is 0 Å². The lowest BCUT2D eigenvalue weighted by atomic mass is 9.93. The lowest BCUT2D eigenvalue weighted by molar-refractivity contribution is -0.141. The Morgan fingerprint density at radius 3 is 2.29 bits per heavy atom. The van der Waals surface area contributed by atoms with Gasteiger partial charge in [0.25, 0.3) is 0 Å². The van der Waals surface area contributed by atoms with E-state index < -0.39 is 5.97 Å². The Balaban J connectivity index is 0. The molecular weight excluding hydrogens is 176 g/mol. The van der Waals surface area contributed by atoms with Crippen molar-refractivity contribution in [1.29, 1.82) is 0 Å². The average Bonchev–Trinajstić information content (AvgIpc) is 2.04. The molecule has 0 spiro atoms. The van der Waals surface area contributed by atoms with E-state index in [0.717, 1.165) is 6.42 Å². The molecule has 0 aromatic heterocycles. The number of unbranched alkanes of at least 4 members (excludes halogenated alkanes) is 2. The molecule has 0 saturated heterocycles. The Hall–Kier alpha value is -0.530. The number of hydrogen-bond acceptors (Lipinski definition) is 1. The van der Waals surface area contributed by atoms with E-state index >= 15 is 0 Å². The van der Waals surface area contributed by atoms with Crippen molar-refractivity contribution in [1.82, 2.24) is 0 Å². The van der Waals surface area contributed by atoms with Crippen LogP contribution in [0.5, 0.6) is 0 Å². The summed E-state index contributed by atoms with van der Waals surface area (Å²) in [5.41, 5.74) is 0. The number of carbonyl (C=O) groups is 1. The molecule has 86 valence electrons. The van der Waals surface area contributed by atoms with Crippen LogP contribution in [0.3, 0.4) is 0 Å². The molecule has 0 aromatic rings. The second-order valence-corrected chi connectivity index (χ2v) is 4.08. The molecule has 2 atom stereocenters. The first-order valence-corrected chi connectivity index (χ1v) is 5.30. The van der Waals surface area contributed by atoms with Gasteiger partial charge in [0.05, 0.1) is 5.92 Å². The molecule has 0 bridgehead atoms. The van der Waals surface area contributed by atoms with Gasteiger partial charge >= 0.3 is 5.97 Å². The van der Waals surface area contributed by atoms with Gasteiger partial charge in [0.1, 0.15) is 0 Å². The monoisotopic (exact) mass is 202 g/mol. The lowest BCUT2D eigenvalue weighted by Crippen LogP contribution is -2.13. The predicted octanol–water partition coefficient (Wildman–Crippen LogP) is 3.95. The molecule has 0 aliphatic carbocycles. The van der Waals surface area contributed by atoms with Crippen LogP contribution < -0.4 is 0 Å². The summed E-state index contributed by atoms with van der Waals surface area (Å²) < 4.78 is 0. The van der Waals surface area contributed by atoms with E-state index in [1.54, 1.807) is 6.92 Å². The van der Waals surface area contributed by atoms with Gasteiger partial charge in [0.15, 0.2) is 0 Å². The molecule has 0 fully saturated rings. The van der Waals surface area contributed by atoms with Crippen molar-refractivity contribution in [2.75, 3.05) is 0 Å². The number of carboxylic acids is 1. The Morgan fingerprint density at radius 1 is 1.29 bits per heavy atom. The van der Waals surface area contributed by atoms with E-state index in [2.05, 4.69) is 13.8 Å². The van der Waals surface area contributed by atoms with Gasteiger partial charge in [-0.2, -0.15) is 0 Å². The molecule has 1 unspecified atom stereocenters. The van der Waals surface area contributed by atoms with E-state index in [0.29, 0.717) is 5.92 Å². The van der Waals surface area contributed by atoms with Gasteiger partial charge in [0, 0.05) is 0 Å². The highest BCUT2D eigenvalue weighted by molar-refractivity contribution is 5.69. The number of aliphatic carboxylic acids is 1. The summed E-state index contributed by atoms with van der Waals surface area (Å²) in [4.78, 5) is 10.6. The van der Waals surface area contributed by atoms with Crippen molar-refractivity contribution < 1.29 is 9.90 Å². The van der Waals surface area contributed by atoms with E-state index in [4.69, 9.17) is 5.11 Å². The molecule has 0 heterocycles. The fourth-order valence-corrected chi connectivity index (χ4v) is 1.57. The first-order valence-electron chi connectivity index (χ1n) is 5.30. The van der Waals surface area contributed by atoms with Crippen LogP contribution in [-0.2, 0) is 4.79 Å².